The maximum absolute atomic E-state index is 12.1. The van der Waals surface area contributed by atoms with Gasteiger partial charge in [0.05, 0.1) is 14.2 Å². The smallest absolute Gasteiger partial charge is 0.260 e. The molecule has 1 atom stereocenters. The Bertz CT molecular complexity index is 785. The molecule has 2 aromatic rings. The summed E-state index contributed by atoms with van der Waals surface area (Å²) < 4.78 is 10.3. The van der Waals surface area contributed by atoms with Crippen LogP contribution in [-0.4, -0.2) is 36.8 Å². The van der Waals surface area contributed by atoms with Crippen molar-refractivity contribution < 1.29 is 19.4 Å². The van der Waals surface area contributed by atoms with Gasteiger partial charge in [-0.05, 0) is 37.3 Å². The largest absolute Gasteiger partial charge is 0.497 e. The van der Waals surface area contributed by atoms with E-state index in [0.717, 1.165) is 0 Å². The van der Waals surface area contributed by atoms with Gasteiger partial charge in [-0.2, -0.15) is 0 Å². The number of aliphatic hydroxyl groups excluding tert-OH is 1. The minimum absolute atomic E-state index is 0.00888. The molecule has 1 amide bonds. The van der Waals surface area contributed by atoms with E-state index < -0.39 is 17.6 Å². The molecule has 1 aromatic carbocycles. The number of hydrogen-bond acceptors (Lipinski definition) is 5. The summed E-state index contributed by atoms with van der Waals surface area (Å²) in [5.74, 6) is 0.481. The van der Waals surface area contributed by atoms with E-state index in [1.54, 1.807) is 31.2 Å². The summed E-state index contributed by atoms with van der Waals surface area (Å²) >= 11 is 0. The highest BCUT2D eigenvalue weighted by Gasteiger charge is 2.17. The highest BCUT2D eigenvalue weighted by Crippen LogP contribution is 2.29. The molecule has 0 saturated heterocycles. The first kappa shape index (κ1) is 17.6. The van der Waals surface area contributed by atoms with Gasteiger partial charge in [0.25, 0.3) is 11.5 Å². The average molecular weight is 332 g/mol. The quantitative estimate of drug-likeness (QED) is 0.737. The number of ether oxygens (including phenoxy) is 2. The van der Waals surface area contributed by atoms with Crippen molar-refractivity contribution in [3.05, 3.63) is 57.5 Å². The first-order valence-electron chi connectivity index (χ1n) is 7.34. The van der Waals surface area contributed by atoms with E-state index in [2.05, 4.69) is 10.3 Å². The van der Waals surface area contributed by atoms with Crippen LogP contribution in [0.15, 0.2) is 35.1 Å². The number of benzene rings is 1. The highest BCUT2D eigenvalue weighted by atomic mass is 16.5. The molecule has 7 nitrogen and oxygen atoms in total. The number of pyridine rings is 1. The number of methoxy groups -OCH3 is 2. The topological polar surface area (TPSA) is 101 Å². The molecule has 0 saturated carbocycles. The molecule has 0 aliphatic rings. The molecule has 1 aromatic heterocycles. The van der Waals surface area contributed by atoms with E-state index in [-0.39, 0.29) is 12.1 Å². The molecular weight excluding hydrogens is 312 g/mol. The Kier molecular flexibility index (Phi) is 5.59. The fourth-order valence-electron chi connectivity index (χ4n) is 2.25. The second-order valence-electron chi connectivity index (χ2n) is 5.22. The predicted molar refractivity (Wildman–Crippen MR) is 88.6 cm³/mol. The number of hydrogen-bond donors (Lipinski definition) is 3. The van der Waals surface area contributed by atoms with Gasteiger partial charge >= 0.3 is 0 Å². The summed E-state index contributed by atoms with van der Waals surface area (Å²) in [7, 11) is 3.01. The molecule has 1 heterocycles. The fraction of sp³-hybridized carbons (Fsp3) is 0.294. The Hall–Kier alpha value is -2.80. The van der Waals surface area contributed by atoms with Crippen molar-refractivity contribution in [2.45, 2.75) is 13.0 Å². The lowest BCUT2D eigenvalue weighted by Gasteiger charge is -2.16. The Labute approximate surface area is 139 Å². The Balaban J connectivity index is 2.11. The van der Waals surface area contributed by atoms with Crippen LogP contribution in [0.5, 0.6) is 11.5 Å². The third-order valence-electron chi connectivity index (χ3n) is 3.55. The lowest BCUT2D eigenvalue weighted by molar-refractivity contribution is 0.0913. The first-order chi connectivity index (χ1) is 11.5. The highest BCUT2D eigenvalue weighted by molar-refractivity contribution is 5.93. The molecule has 0 fully saturated rings. The number of aromatic nitrogens is 1. The van der Waals surface area contributed by atoms with Gasteiger partial charge in [-0.3, -0.25) is 9.59 Å². The average Bonchev–Trinajstić information content (AvgIpc) is 2.58. The van der Waals surface area contributed by atoms with Gasteiger partial charge in [-0.25, -0.2) is 0 Å². The van der Waals surface area contributed by atoms with Crippen LogP contribution in [0.4, 0.5) is 0 Å². The molecule has 2 rings (SSSR count). The summed E-state index contributed by atoms with van der Waals surface area (Å²) in [6.07, 6.45) is -1.01. The lowest BCUT2D eigenvalue weighted by atomic mass is 10.1. The SMILES string of the molecule is COc1ccc(OC)c([C@@H](O)CNC(=O)c2ccc(C)[nH]c2=O)c1. The monoisotopic (exact) mass is 332 g/mol. The molecule has 128 valence electrons. The maximum Gasteiger partial charge on any atom is 0.260 e. The van der Waals surface area contributed by atoms with E-state index in [1.165, 1.54) is 20.3 Å². The van der Waals surface area contributed by atoms with Crippen LogP contribution < -0.4 is 20.3 Å². The van der Waals surface area contributed by atoms with E-state index in [1.807, 2.05) is 0 Å². The van der Waals surface area contributed by atoms with Crippen molar-refractivity contribution >= 4 is 5.91 Å². The molecule has 0 aliphatic carbocycles. The van der Waals surface area contributed by atoms with Gasteiger partial charge in [0.15, 0.2) is 0 Å². The van der Waals surface area contributed by atoms with Crippen LogP contribution in [-0.2, 0) is 0 Å². The Morgan fingerprint density at radius 1 is 1.25 bits per heavy atom. The van der Waals surface area contributed by atoms with Gasteiger partial charge in [-0.15, -0.1) is 0 Å². The number of carbonyl (C=O) groups is 1. The van der Waals surface area contributed by atoms with Gasteiger partial charge < -0.3 is 24.9 Å². The van der Waals surface area contributed by atoms with Gasteiger partial charge in [0.2, 0.25) is 0 Å². The number of amides is 1. The van der Waals surface area contributed by atoms with Crippen molar-refractivity contribution in [3.63, 3.8) is 0 Å². The molecule has 0 unspecified atom stereocenters. The molecule has 0 bridgehead atoms. The van der Waals surface area contributed by atoms with Crippen LogP contribution >= 0.6 is 0 Å². The van der Waals surface area contributed by atoms with Crippen LogP contribution in [0.2, 0.25) is 0 Å². The second-order valence-corrected chi connectivity index (χ2v) is 5.22. The zero-order chi connectivity index (χ0) is 17.7. The van der Waals surface area contributed by atoms with E-state index >= 15 is 0 Å². The maximum atomic E-state index is 12.1. The number of nitrogens with one attached hydrogen (secondary N) is 2. The molecule has 24 heavy (non-hydrogen) atoms. The van der Waals surface area contributed by atoms with Crippen LogP contribution in [0.1, 0.15) is 27.7 Å². The third-order valence-corrected chi connectivity index (χ3v) is 3.55. The van der Waals surface area contributed by atoms with Crippen LogP contribution in [0, 0.1) is 6.92 Å². The molecule has 0 spiro atoms. The van der Waals surface area contributed by atoms with Gasteiger partial charge in [0, 0.05) is 17.8 Å². The Morgan fingerprint density at radius 2 is 2.00 bits per heavy atom. The predicted octanol–water partition coefficient (Wildman–Crippen LogP) is 1.16. The van der Waals surface area contributed by atoms with Crippen molar-refractivity contribution in [1.29, 1.82) is 0 Å². The van der Waals surface area contributed by atoms with E-state index in [0.29, 0.717) is 22.8 Å². The number of aromatic amines is 1. The van der Waals surface area contributed by atoms with E-state index in [9.17, 15) is 14.7 Å². The summed E-state index contributed by atoms with van der Waals surface area (Å²) in [6, 6.07) is 8.09. The first-order valence-corrected chi connectivity index (χ1v) is 7.34. The normalized spacial score (nSPS) is 11.7. The standard InChI is InChI=1S/C17H20N2O5/c1-10-4-6-12(17(22)19-10)16(21)18-9-14(20)13-8-11(23-2)5-7-15(13)24-3/h4-8,14,20H,9H2,1-3H3,(H,18,21)(H,19,22)/t14-/m0/s1. The summed E-state index contributed by atoms with van der Waals surface area (Å²) in [5, 5.41) is 12.9. The number of aryl methyl sites for hydroxylation is 1. The van der Waals surface area contributed by atoms with Crippen molar-refractivity contribution in [1.82, 2.24) is 10.3 Å². The fourth-order valence-corrected chi connectivity index (χ4v) is 2.25. The lowest BCUT2D eigenvalue weighted by Crippen LogP contribution is -2.32. The number of rotatable bonds is 6. The third kappa shape index (κ3) is 3.94. The molecule has 0 aliphatic heterocycles. The molecule has 7 heteroatoms. The summed E-state index contributed by atoms with van der Waals surface area (Å²) in [6.45, 7) is 1.65. The van der Waals surface area contributed by atoms with Crippen molar-refractivity contribution in [2.75, 3.05) is 20.8 Å². The molecule has 3 N–H and O–H groups in total. The zero-order valence-corrected chi connectivity index (χ0v) is 13.8. The number of carbonyl (C=O) groups excluding carboxylic acids is 1. The minimum Gasteiger partial charge on any atom is -0.497 e. The van der Waals surface area contributed by atoms with Crippen LogP contribution in [0.3, 0.4) is 0 Å². The van der Waals surface area contributed by atoms with Gasteiger partial charge in [0.1, 0.15) is 23.2 Å². The van der Waals surface area contributed by atoms with E-state index in [4.69, 9.17) is 9.47 Å². The molecular formula is C17H20N2O5. The number of aliphatic hydroxyl groups is 1. The molecule has 0 radical (unpaired) electrons. The minimum atomic E-state index is -1.01. The van der Waals surface area contributed by atoms with Crippen molar-refractivity contribution in [2.24, 2.45) is 0 Å². The number of H-pyrrole nitrogens is 1. The summed E-state index contributed by atoms with van der Waals surface area (Å²) in [5.41, 5.74) is 0.666. The van der Waals surface area contributed by atoms with Crippen molar-refractivity contribution in [3.8, 4) is 11.5 Å². The zero-order valence-electron chi connectivity index (χ0n) is 13.8. The summed E-state index contributed by atoms with van der Waals surface area (Å²) in [4.78, 5) is 26.4. The van der Waals surface area contributed by atoms with Crippen LogP contribution in [0.25, 0.3) is 0 Å². The van der Waals surface area contributed by atoms with Gasteiger partial charge in [-0.1, -0.05) is 0 Å². The second kappa shape index (κ2) is 7.65. The Morgan fingerprint density at radius 3 is 2.62 bits per heavy atom.